The predicted octanol–water partition coefficient (Wildman–Crippen LogP) is 2.33. The van der Waals surface area contributed by atoms with Crippen LogP contribution in [0.3, 0.4) is 0 Å². The number of rotatable bonds is 3. The smallest absolute Gasteiger partial charge is 0.250 e. The van der Waals surface area contributed by atoms with Gasteiger partial charge in [-0.1, -0.05) is 12.1 Å². The second kappa shape index (κ2) is 5.19. The molecule has 0 spiro atoms. The summed E-state index contributed by atoms with van der Waals surface area (Å²) >= 11 is 0. The lowest BCUT2D eigenvalue weighted by molar-refractivity contribution is -0.125. The summed E-state index contributed by atoms with van der Waals surface area (Å²) in [5, 5.41) is 2.76. The topological polar surface area (TPSA) is 64.3 Å². The second-order valence-electron chi connectivity index (χ2n) is 4.99. The zero-order valence-electron chi connectivity index (χ0n) is 10.8. The third kappa shape index (κ3) is 4.44. The molecule has 0 saturated carbocycles. The number of amides is 1. The fraction of sp³-hybridized carbons (Fsp3) is 0.462. The molecule has 0 aliphatic rings. The zero-order valence-corrected chi connectivity index (χ0v) is 10.8. The summed E-state index contributed by atoms with van der Waals surface area (Å²) in [5.41, 5.74) is 7.64. The van der Waals surface area contributed by atoms with Crippen LogP contribution in [-0.4, -0.2) is 18.1 Å². The van der Waals surface area contributed by atoms with E-state index in [1.807, 2.05) is 39.8 Å². The standard InChI is InChI=1S/C13H20N2O2/c1-9-6-5-7-10(14)12(9)15-11(16)8-17-13(2,3)4/h5-7H,8,14H2,1-4H3,(H,15,16). The van der Waals surface area contributed by atoms with E-state index in [1.165, 1.54) is 0 Å². The Kier molecular flexibility index (Phi) is 4.12. The van der Waals surface area contributed by atoms with Gasteiger partial charge in [0.05, 0.1) is 17.0 Å². The summed E-state index contributed by atoms with van der Waals surface area (Å²) in [6.45, 7) is 7.64. The lowest BCUT2D eigenvalue weighted by Crippen LogP contribution is -2.27. The first-order chi connectivity index (χ1) is 7.79. The highest BCUT2D eigenvalue weighted by atomic mass is 16.5. The van der Waals surface area contributed by atoms with Gasteiger partial charge in [0.1, 0.15) is 6.61 Å². The molecule has 4 nitrogen and oxygen atoms in total. The molecule has 0 heterocycles. The van der Waals surface area contributed by atoms with E-state index in [0.29, 0.717) is 11.4 Å². The van der Waals surface area contributed by atoms with Crippen LogP contribution in [0.15, 0.2) is 18.2 Å². The maximum atomic E-state index is 11.7. The summed E-state index contributed by atoms with van der Waals surface area (Å²) in [6.07, 6.45) is 0. The van der Waals surface area contributed by atoms with Crippen molar-refractivity contribution < 1.29 is 9.53 Å². The third-order valence-corrected chi connectivity index (χ3v) is 2.21. The molecule has 0 fully saturated rings. The first-order valence-electron chi connectivity index (χ1n) is 5.58. The maximum absolute atomic E-state index is 11.7. The number of ether oxygens (including phenoxy) is 1. The minimum Gasteiger partial charge on any atom is -0.397 e. The van der Waals surface area contributed by atoms with Crippen LogP contribution in [0.2, 0.25) is 0 Å². The maximum Gasteiger partial charge on any atom is 0.250 e. The van der Waals surface area contributed by atoms with Crippen LogP contribution in [0.25, 0.3) is 0 Å². The Morgan fingerprint density at radius 3 is 2.59 bits per heavy atom. The van der Waals surface area contributed by atoms with Gasteiger partial charge in [-0.15, -0.1) is 0 Å². The van der Waals surface area contributed by atoms with E-state index in [9.17, 15) is 4.79 Å². The highest BCUT2D eigenvalue weighted by Gasteiger charge is 2.14. The Bertz CT molecular complexity index is 388. The molecule has 17 heavy (non-hydrogen) atoms. The van der Waals surface area contributed by atoms with E-state index in [0.717, 1.165) is 5.56 Å². The van der Waals surface area contributed by atoms with Crippen molar-refractivity contribution in [2.75, 3.05) is 17.7 Å². The van der Waals surface area contributed by atoms with Gasteiger partial charge in [0.25, 0.3) is 0 Å². The number of benzene rings is 1. The second-order valence-corrected chi connectivity index (χ2v) is 4.99. The Morgan fingerprint density at radius 2 is 2.06 bits per heavy atom. The van der Waals surface area contributed by atoms with Gasteiger partial charge in [-0.3, -0.25) is 4.79 Å². The van der Waals surface area contributed by atoms with E-state index < -0.39 is 0 Å². The molecular formula is C13H20N2O2. The molecule has 0 aliphatic carbocycles. The molecule has 3 N–H and O–H groups in total. The zero-order chi connectivity index (χ0) is 13.1. The molecule has 1 aromatic rings. The largest absolute Gasteiger partial charge is 0.397 e. The van der Waals surface area contributed by atoms with Gasteiger partial charge in [0.2, 0.25) is 5.91 Å². The van der Waals surface area contributed by atoms with Gasteiger partial charge in [0.15, 0.2) is 0 Å². The Morgan fingerprint density at radius 1 is 1.41 bits per heavy atom. The molecule has 1 aromatic carbocycles. The summed E-state index contributed by atoms with van der Waals surface area (Å²) < 4.78 is 5.39. The van der Waals surface area contributed by atoms with Crippen molar-refractivity contribution in [2.45, 2.75) is 33.3 Å². The monoisotopic (exact) mass is 236 g/mol. The lowest BCUT2D eigenvalue weighted by Gasteiger charge is -2.19. The minimum absolute atomic E-state index is 0.0251. The number of aryl methyl sites for hydroxylation is 1. The molecule has 0 unspecified atom stereocenters. The molecule has 0 aliphatic heterocycles. The highest BCUT2D eigenvalue weighted by Crippen LogP contribution is 2.22. The number of carbonyl (C=O) groups excluding carboxylic acids is 1. The van der Waals surface area contributed by atoms with Gasteiger partial charge in [-0.25, -0.2) is 0 Å². The van der Waals surface area contributed by atoms with Crippen molar-refractivity contribution in [3.05, 3.63) is 23.8 Å². The molecule has 0 saturated heterocycles. The van der Waals surface area contributed by atoms with Gasteiger partial charge in [0, 0.05) is 0 Å². The number of para-hydroxylation sites is 1. The van der Waals surface area contributed by atoms with Crippen molar-refractivity contribution >= 4 is 17.3 Å². The Hall–Kier alpha value is -1.55. The fourth-order valence-corrected chi connectivity index (χ4v) is 1.32. The Balaban J connectivity index is 2.63. The highest BCUT2D eigenvalue weighted by molar-refractivity contribution is 5.95. The number of hydrogen-bond acceptors (Lipinski definition) is 3. The molecule has 1 amide bonds. The summed E-state index contributed by atoms with van der Waals surface area (Å²) in [6, 6.07) is 5.51. The molecule has 0 bridgehead atoms. The van der Waals surface area contributed by atoms with E-state index in [2.05, 4.69) is 5.32 Å². The molecule has 0 aromatic heterocycles. The molecule has 0 atom stereocenters. The normalized spacial score (nSPS) is 11.3. The Labute approximate surface area is 102 Å². The number of carbonyl (C=O) groups is 1. The van der Waals surface area contributed by atoms with E-state index in [1.54, 1.807) is 6.07 Å². The average molecular weight is 236 g/mol. The third-order valence-electron chi connectivity index (χ3n) is 2.21. The summed E-state index contributed by atoms with van der Waals surface area (Å²) in [7, 11) is 0. The molecule has 0 radical (unpaired) electrons. The van der Waals surface area contributed by atoms with Gasteiger partial charge in [-0.2, -0.15) is 0 Å². The molecule has 4 heteroatoms. The minimum atomic E-state index is -0.325. The SMILES string of the molecule is Cc1cccc(N)c1NC(=O)COC(C)(C)C. The van der Waals surface area contributed by atoms with Gasteiger partial charge in [-0.05, 0) is 39.3 Å². The van der Waals surface area contributed by atoms with E-state index in [-0.39, 0.29) is 18.1 Å². The van der Waals surface area contributed by atoms with Crippen LogP contribution in [0.4, 0.5) is 11.4 Å². The number of nitrogens with two attached hydrogens (primary N) is 1. The molecule has 1 rings (SSSR count). The quantitative estimate of drug-likeness (QED) is 0.792. The number of anilines is 2. The van der Waals surface area contributed by atoms with Crippen LogP contribution in [0.1, 0.15) is 26.3 Å². The van der Waals surface area contributed by atoms with Crippen molar-refractivity contribution in [1.29, 1.82) is 0 Å². The molecule has 94 valence electrons. The fourth-order valence-electron chi connectivity index (χ4n) is 1.32. The van der Waals surface area contributed by atoms with Crippen LogP contribution < -0.4 is 11.1 Å². The van der Waals surface area contributed by atoms with Crippen molar-refractivity contribution in [3.8, 4) is 0 Å². The number of hydrogen-bond donors (Lipinski definition) is 2. The number of nitrogen functional groups attached to an aromatic ring is 1. The van der Waals surface area contributed by atoms with Gasteiger partial charge < -0.3 is 15.8 Å². The lowest BCUT2D eigenvalue weighted by atomic mass is 10.1. The van der Waals surface area contributed by atoms with Gasteiger partial charge >= 0.3 is 0 Å². The molecular weight excluding hydrogens is 216 g/mol. The van der Waals surface area contributed by atoms with Crippen LogP contribution in [0, 0.1) is 6.92 Å². The van der Waals surface area contributed by atoms with Crippen LogP contribution >= 0.6 is 0 Å². The predicted molar refractivity (Wildman–Crippen MR) is 69.9 cm³/mol. The van der Waals surface area contributed by atoms with E-state index in [4.69, 9.17) is 10.5 Å². The van der Waals surface area contributed by atoms with Crippen molar-refractivity contribution in [2.24, 2.45) is 0 Å². The average Bonchev–Trinajstić information content (AvgIpc) is 2.20. The summed E-state index contributed by atoms with van der Waals surface area (Å²) in [4.78, 5) is 11.7. The van der Waals surface area contributed by atoms with Crippen molar-refractivity contribution in [1.82, 2.24) is 0 Å². The first kappa shape index (κ1) is 13.5. The number of nitrogens with one attached hydrogen (secondary N) is 1. The van der Waals surface area contributed by atoms with E-state index >= 15 is 0 Å². The van der Waals surface area contributed by atoms with Crippen LogP contribution in [0.5, 0.6) is 0 Å². The van der Waals surface area contributed by atoms with Crippen LogP contribution in [-0.2, 0) is 9.53 Å². The summed E-state index contributed by atoms with van der Waals surface area (Å²) in [5.74, 6) is -0.194. The first-order valence-corrected chi connectivity index (χ1v) is 5.58. The van der Waals surface area contributed by atoms with Crippen molar-refractivity contribution in [3.63, 3.8) is 0 Å².